The summed E-state index contributed by atoms with van der Waals surface area (Å²) in [5.74, 6) is 0. The number of fused-ring (bicyclic) bond motifs is 8. The average Bonchev–Trinajstić information content (AvgIpc) is 3.89. The molecule has 2 heterocycles. The minimum absolute atomic E-state index is 0.889. The number of benzene rings is 10. The molecule has 10 aromatic carbocycles. The van der Waals surface area contributed by atoms with Crippen LogP contribution in [0.25, 0.3) is 93.6 Å². The third-order valence-electron chi connectivity index (χ3n) is 12.2. The van der Waals surface area contributed by atoms with Crippen molar-refractivity contribution in [3.05, 3.63) is 231 Å². The largest absolute Gasteiger partial charge is 0.455 e. The molecule has 2 aromatic heterocycles. The van der Waals surface area contributed by atoms with Crippen LogP contribution in [0.5, 0.6) is 0 Å². The van der Waals surface area contributed by atoms with E-state index in [0.717, 1.165) is 66.8 Å². The fraction of sp³-hybridized carbons (Fsp3) is 0. The van der Waals surface area contributed by atoms with Gasteiger partial charge in [0, 0.05) is 49.7 Å². The van der Waals surface area contributed by atoms with Gasteiger partial charge in [0.05, 0.1) is 11.0 Å². The zero-order valence-electron chi connectivity index (χ0n) is 33.2. The first-order chi connectivity index (χ1) is 30.2. The van der Waals surface area contributed by atoms with Crippen LogP contribution >= 0.6 is 0 Å². The molecule has 0 radical (unpaired) electrons. The van der Waals surface area contributed by atoms with Crippen molar-refractivity contribution >= 4 is 71.6 Å². The quantitative estimate of drug-likeness (QED) is 0.161. The summed E-state index contributed by atoms with van der Waals surface area (Å²) in [6.07, 6.45) is 0. The van der Waals surface area contributed by atoms with E-state index >= 15 is 0 Å². The number of aromatic nitrogens is 1. The summed E-state index contributed by atoms with van der Waals surface area (Å²) in [7, 11) is 0. The summed E-state index contributed by atoms with van der Waals surface area (Å²) in [5, 5.41) is 7.06. The maximum atomic E-state index is 6.60. The number of rotatable bonds is 7. The molecule has 0 aliphatic carbocycles. The second-order valence-electron chi connectivity index (χ2n) is 15.7. The zero-order chi connectivity index (χ0) is 40.3. The van der Waals surface area contributed by atoms with Gasteiger partial charge in [-0.1, -0.05) is 158 Å². The van der Waals surface area contributed by atoms with Gasteiger partial charge in [0.2, 0.25) is 0 Å². The molecule has 12 aromatic rings. The molecule has 0 bridgehead atoms. The second kappa shape index (κ2) is 14.3. The summed E-state index contributed by atoms with van der Waals surface area (Å²) in [6, 6.07) is 82.8. The number of nitrogens with zero attached hydrogens (tertiary/aromatic N) is 2. The number of furan rings is 1. The first-order valence-corrected chi connectivity index (χ1v) is 20.8. The summed E-state index contributed by atoms with van der Waals surface area (Å²) in [5.41, 5.74) is 15.6. The van der Waals surface area contributed by atoms with Gasteiger partial charge in [0.15, 0.2) is 0 Å². The SMILES string of the molecule is c1ccc(-c2ccc(N(c3ccc(-c4ccc5c6ccccc6n(-c6ccccc6)c5c4)cc3)c3cccc(-c4cccc5oc6c7ccccc7ccc6c45)c3)cc2)cc1. The predicted molar refractivity (Wildman–Crippen MR) is 257 cm³/mol. The van der Waals surface area contributed by atoms with Gasteiger partial charge in [-0.3, -0.25) is 0 Å². The van der Waals surface area contributed by atoms with Gasteiger partial charge in [-0.05, 0) is 112 Å². The Morgan fingerprint density at radius 3 is 1.72 bits per heavy atom. The van der Waals surface area contributed by atoms with Gasteiger partial charge in [-0.2, -0.15) is 0 Å². The Bertz CT molecular complexity index is 3560. The molecule has 61 heavy (non-hydrogen) atoms. The van der Waals surface area contributed by atoms with Crippen molar-refractivity contribution < 1.29 is 4.42 Å². The summed E-state index contributed by atoms with van der Waals surface area (Å²) in [6.45, 7) is 0. The van der Waals surface area contributed by atoms with Crippen LogP contribution in [-0.4, -0.2) is 4.57 Å². The smallest absolute Gasteiger partial charge is 0.143 e. The lowest BCUT2D eigenvalue weighted by Gasteiger charge is -2.26. The highest BCUT2D eigenvalue weighted by atomic mass is 16.3. The molecule has 3 heteroatoms. The zero-order valence-corrected chi connectivity index (χ0v) is 33.2. The van der Waals surface area contributed by atoms with E-state index in [1.165, 1.54) is 43.9 Å². The maximum absolute atomic E-state index is 6.60. The molecule has 0 atom stereocenters. The normalized spacial score (nSPS) is 11.6. The van der Waals surface area contributed by atoms with Gasteiger partial charge in [-0.15, -0.1) is 0 Å². The number of anilines is 3. The molecule has 0 N–H and O–H groups in total. The monoisotopic (exact) mass is 778 g/mol. The van der Waals surface area contributed by atoms with E-state index < -0.39 is 0 Å². The molecular formula is C58H38N2O. The Labute approximate surface area is 353 Å². The lowest BCUT2D eigenvalue weighted by molar-refractivity contribution is 0.673. The van der Waals surface area contributed by atoms with E-state index in [9.17, 15) is 0 Å². The van der Waals surface area contributed by atoms with Crippen LogP contribution in [0.3, 0.4) is 0 Å². The molecule has 0 spiro atoms. The molecule has 286 valence electrons. The van der Waals surface area contributed by atoms with Crippen LogP contribution in [-0.2, 0) is 0 Å². The Morgan fingerprint density at radius 2 is 0.934 bits per heavy atom. The van der Waals surface area contributed by atoms with E-state index in [1.807, 2.05) is 0 Å². The highest BCUT2D eigenvalue weighted by Gasteiger charge is 2.19. The van der Waals surface area contributed by atoms with Gasteiger partial charge in [0.25, 0.3) is 0 Å². The van der Waals surface area contributed by atoms with Crippen LogP contribution < -0.4 is 4.90 Å². The van der Waals surface area contributed by atoms with E-state index in [4.69, 9.17) is 4.42 Å². The van der Waals surface area contributed by atoms with Gasteiger partial charge in [0.1, 0.15) is 11.2 Å². The molecule has 0 fully saturated rings. The Kier molecular flexibility index (Phi) is 8.17. The first-order valence-electron chi connectivity index (χ1n) is 20.8. The van der Waals surface area contributed by atoms with Crippen molar-refractivity contribution in [2.45, 2.75) is 0 Å². The Morgan fingerprint density at radius 1 is 0.344 bits per heavy atom. The fourth-order valence-electron chi connectivity index (χ4n) is 9.30. The van der Waals surface area contributed by atoms with E-state index in [1.54, 1.807) is 0 Å². The topological polar surface area (TPSA) is 21.3 Å². The van der Waals surface area contributed by atoms with Crippen molar-refractivity contribution in [1.82, 2.24) is 4.57 Å². The van der Waals surface area contributed by atoms with Crippen molar-refractivity contribution in [3.8, 4) is 39.1 Å². The van der Waals surface area contributed by atoms with Crippen LogP contribution in [0.1, 0.15) is 0 Å². The van der Waals surface area contributed by atoms with E-state index in [2.05, 4.69) is 240 Å². The maximum Gasteiger partial charge on any atom is 0.143 e. The van der Waals surface area contributed by atoms with Gasteiger partial charge < -0.3 is 13.9 Å². The molecule has 0 aliphatic rings. The average molecular weight is 779 g/mol. The molecular weight excluding hydrogens is 741 g/mol. The predicted octanol–water partition coefficient (Wildman–Crippen LogP) is 16.3. The van der Waals surface area contributed by atoms with Crippen LogP contribution in [0.2, 0.25) is 0 Å². The third-order valence-corrected chi connectivity index (χ3v) is 12.2. The summed E-state index contributed by atoms with van der Waals surface area (Å²) < 4.78 is 8.98. The molecule has 0 amide bonds. The molecule has 0 unspecified atom stereocenters. The molecule has 3 nitrogen and oxygen atoms in total. The summed E-state index contributed by atoms with van der Waals surface area (Å²) in [4.78, 5) is 2.36. The van der Waals surface area contributed by atoms with E-state index in [0.29, 0.717) is 0 Å². The Hall–Kier alpha value is -8.14. The highest BCUT2D eigenvalue weighted by Crippen LogP contribution is 2.43. The van der Waals surface area contributed by atoms with Crippen molar-refractivity contribution in [2.75, 3.05) is 4.90 Å². The third kappa shape index (κ3) is 5.90. The fourth-order valence-corrected chi connectivity index (χ4v) is 9.30. The number of hydrogen-bond donors (Lipinski definition) is 0. The van der Waals surface area contributed by atoms with Crippen LogP contribution in [0.15, 0.2) is 235 Å². The first kappa shape index (κ1) is 34.9. The number of para-hydroxylation sites is 2. The minimum Gasteiger partial charge on any atom is -0.455 e. The van der Waals surface area contributed by atoms with Crippen molar-refractivity contribution in [2.24, 2.45) is 0 Å². The minimum atomic E-state index is 0.889. The van der Waals surface area contributed by atoms with Crippen LogP contribution in [0.4, 0.5) is 17.1 Å². The van der Waals surface area contributed by atoms with Crippen molar-refractivity contribution in [1.29, 1.82) is 0 Å². The second-order valence-corrected chi connectivity index (χ2v) is 15.7. The molecule has 0 saturated carbocycles. The Balaban J connectivity index is 0.977. The van der Waals surface area contributed by atoms with Gasteiger partial charge >= 0.3 is 0 Å². The molecule has 0 saturated heterocycles. The number of hydrogen-bond acceptors (Lipinski definition) is 2. The van der Waals surface area contributed by atoms with Crippen LogP contribution in [0, 0.1) is 0 Å². The lowest BCUT2D eigenvalue weighted by Crippen LogP contribution is -2.10. The molecule has 0 aliphatic heterocycles. The lowest BCUT2D eigenvalue weighted by atomic mass is 9.97. The van der Waals surface area contributed by atoms with E-state index in [-0.39, 0.29) is 0 Å². The standard InChI is InChI=1S/C58H38N2O/c1-3-13-39(14-4-1)40-25-31-46(32-26-40)59(48-19-11-16-44(37-48)49-22-12-24-56-57(49)53-36-29-42-15-7-8-20-50(42)58(53)61-56)47-33-27-41(28-34-47)43-30-35-52-51-21-9-10-23-54(51)60(55(52)38-43)45-17-5-2-6-18-45/h1-38H. The summed E-state index contributed by atoms with van der Waals surface area (Å²) >= 11 is 0. The van der Waals surface area contributed by atoms with Crippen molar-refractivity contribution in [3.63, 3.8) is 0 Å². The van der Waals surface area contributed by atoms with Gasteiger partial charge in [-0.25, -0.2) is 0 Å². The highest BCUT2D eigenvalue weighted by molar-refractivity contribution is 6.19. The molecule has 12 rings (SSSR count).